The molecule has 1 heterocycles. The van der Waals surface area contributed by atoms with E-state index in [4.69, 9.17) is 11.6 Å². The van der Waals surface area contributed by atoms with Crippen LogP contribution < -0.4 is 10.9 Å². The molecule has 0 aliphatic heterocycles. The number of H-pyrrole nitrogens is 1. The highest BCUT2D eigenvalue weighted by atomic mass is 35.5. The van der Waals surface area contributed by atoms with Gasteiger partial charge in [-0.05, 0) is 36.4 Å². The van der Waals surface area contributed by atoms with Gasteiger partial charge in [0.2, 0.25) is 15.9 Å². The summed E-state index contributed by atoms with van der Waals surface area (Å²) >= 11 is 6.90. The molecule has 35 heavy (non-hydrogen) atoms. The molecule has 182 valence electrons. The number of carbonyl (C=O) groups excluding carboxylic acids is 1. The molecule has 0 radical (unpaired) electrons. The molecule has 0 saturated carbocycles. The number of rotatable bonds is 9. The number of amides is 1. The Morgan fingerprint density at radius 1 is 1.14 bits per heavy atom. The number of carbonyl (C=O) groups is 1. The van der Waals surface area contributed by atoms with E-state index in [1.54, 1.807) is 38.1 Å². The summed E-state index contributed by atoms with van der Waals surface area (Å²) in [5, 5.41) is 12.7. The van der Waals surface area contributed by atoms with Gasteiger partial charge in [-0.3, -0.25) is 9.59 Å². The van der Waals surface area contributed by atoms with Crippen LogP contribution in [0.5, 0.6) is 0 Å². The molecule has 0 unspecified atom stereocenters. The van der Waals surface area contributed by atoms with Crippen LogP contribution in [0.3, 0.4) is 0 Å². The number of halogens is 1. The second kappa shape index (κ2) is 11.5. The van der Waals surface area contributed by atoms with Gasteiger partial charge in [-0.2, -0.15) is 9.57 Å². The molecule has 0 aliphatic rings. The fraction of sp³-hybridized carbons (Fsp3) is 0.217. The molecule has 0 spiro atoms. The van der Waals surface area contributed by atoms with Crippen LogP contribution in [0.4, 0.5) is 5.69 Å². The van der Waals surface area contributed by atoms with E-state index in [-0.39, 0.29) is 33.0 Å². The van der Waals surface area contributed by atoms with Gasteiger partial charge in [0.1, 0.15) is 11.6 Å². The standard InChI is InChI=1S/C23H22ClN5O4S2/c1-3-29(4-2)35(32,33)18-11-9-17(10-12-18)26-20(30)14-34-23-27-21(19(13-25)22(31)28-23)15-5-7-16(24)8-6-15/h5-12H,3-4,14H2,1-2H3,(H,26,30)(H,27,28,31). The minimum Gasteiger partial charge on any atom is -0.325 e. The van der Waals surface area contributed by atoms with Crippen molar-refractivity contribution in [2.75, 3.05) is 24.2 Å². The van der Waals surface area contributed by atoms with Crippen molar-refractivity contribution in [3.05, 3.63) is 69.5 Å². The smallest absolute Gasteiger partial charge is 0.270 e. The number of benzene rings is 2. The summed E-state index contributed by atoms with van der Waals surface area (Å²) in [6, 6.07) is 14.3. The number of aromatic nitrogens is 2. The fourth-order valence-electron chi connectivity index (χ4n) is 3.20. The second-order valence-electron chi connectivity index (χ2n) is 7.16. The van der Waals surface area contributed by atoms with Crippen molar-refractivity contribution in [1.29, 1.82) is 5.26 Å². The lowest BCUT2D eigenvalue weighted by atomic mass is 10.1. The van der Waals surface area contributed by atoms with Crippen LogP contribution >= 0.6 is 23.4 Å². The summed E-state index contributed by atoms with van der Waals surface area (Å²) in [5.41, 5.74) is 0.419. The predicted octanol–water partition coefficient (Wildman–Crippen LogP) is 3.72. The van der Waals surface area contributed by atoms with Crippen LogP contribution in [0.15, 0.2) is 63.4 Å². The summed E-state index contributed by atoms with van der Waals surface area (Å²) in [7, 11) is -3.59. The Hall–Kier alpha value is -3.17. The normalized spacial score (nSPS) is 11.3. The zero-order valence-electron chi connectivity index (χ0n) is 18.9. The summed E-state index contributed by atoms with van der Waals surface area (Å²) in [6.07, 6.45) is 0. The maximum absolute atomic E-state index is 12.6. The highest BCUT2D eigenvalue weighted by Crippen LogP contribution is 2.24. The van der Waals surface area contributed by atoms with E-state index < -0.39 is 15.6 Å². The van der Waals surface area contributed by atoms with Crippen LogP contribution in [0.1, 0.15) is 19.4 Å². The molecule has 0 atom stereocenters. The molecule has 1 amide bonds. The van der Waals surface area contributed by atoms with Crippen LogP contribution in [0.2, 0.25) is 5.02 Å². The summed E-state index contributed by atoms with van der Waals surface area (Å²) in [5.74, 6) is -0.455. The molecule has 0 aliphatic carbocycles. The average molecular weight is 532 g/mol. The topological polar surface area (TPSA) is 136 Å². The van der Waals surface area contributed by atoms with E-state index in [1.165, 1.54) is 28.6 Å². The van der Waals surface area contributed by atoms with Crippen molar-refractivity contribution < 1.29 is 13.2 Å². The monoisotopic (exact) mass is 531 g/mol. The molecule has 9 nitrogen and oxygen atoms in total. The highest BCUT2D eigenvalue weighted by Gasteiger charge is 2.21. The molecule has 0 saturated heterocycles. The number of sulfonamides is 1. The lowest BCUT2D eigenvalue weighted by Crippen LogP contribution is -2.30. The number of hydrogen-bond donors (Lipinski definition) is 2. The Morgan fingerprint density at radius 2 is 1.77 bits per heavy atom. The van der Waals surface area contributed by atoms with Gasteiger partial charge < -0.3 is 10.3 Å². The molecule has 0 fully saturated rings. The zero-order valence-corrected chi connectivity index (χ0v) is 21.3. The van der Waals surface area contributed by atoms with Crippen molar-refractivity contribution in [2.24, 2.45) is 0 Å². The first kappa shape index (κ1) is 26.4. The van der Waals surface area contributed by atoms with Crippen molar-refractivity contribution in [2.45, 2.75) is 23.9 Å². The van der Waals surface area contributed by atoms with E-state index >= 15 is 0 Å². The molecule has 0 bridgehead atoms. The van der Waals surface area contributed by atoms with Gasteiger partial charge in [0.25, 0.3) is 5.56 Å². The van der Waals surface area contributed by atoms with E-state index in [0.717, 1.165) is 11.8 Å². The van der Waals surface area contributed by atoms with Crippen molar-refractivity contribution in [3.8, 4) is 17.3 Å². The lowest BCUT2D eigenvalue weighted by Gasteiger charge is -2.18. The van der Waals surface area contributed by atoms with E-state index in [1.807, 2.05) is 6.07 Å². The summed E-state index contributed by atoms with van der Waals surface area (Å²) < 4.78 is 26.5. The minimum absolute atomic E-state index is 0.0750. The van der Waals surface area contributed by atoms with Gasteiger partial charge in [0.05, 0.1) is 16.3 Å². The van der Waals surface area contributed by atoms with Gasteiger partial charge in [0.15, 0.2) is 5.16 Å². The van der Waals surface area contributed by atoms with E-state index in [2.05, 4.69) is 15.3 Å². The Balaban J connectivity index is 1.71. The largest absolute Gasteiger partial charge is 0.325 e. The minimum atomic E-state index is -3.59. The predicted molar refractivity (Wildman–Crippen MR) is 136 cm³/mol. The Kier molecular flexibility index (Phi) is 8.69. The number of nitrogens with zero attached hydrogens (tertiary/aromatic N) is 3. The first-order chi connectivity index (χ1) is 16.7. The van der Waals surface area contributed by atoms with Gasteiger partial charge in [-0.25, -0.2) is 13.4 Å². The van der Waals surface area contributed by atoms with E-state index in [0.29, 0.717) is 29.4 Å². The lowest BCUT2D eigenvalue weighted by molar-refractivity contribution is -0.113. The second-order valence-corrected chi connectivity index (χ2v) is 10.5. The molecule has 3 rings (SSSR count). The van der Waals surface area contributed by atoms with Crippen molar-refractivity contribution in [3.63, 3.8) is 0 Å². The molecular formula is C23H22ClN5O4S2. The van der Waals surface area contributed by atoms with Gasteiger partial charge >= 0.3 is 0 Å². The molecule has 12 heteroatoms. The van der Waals surface area contributed by atoms with Crippen LogP contribution in [0.25, 0.3) is 11.3 Å². The summed E-state index contributed by atoms with van der Waals surface area (Å²) in [6.45, 7) is 4.25. The van der Waals surface area contributed by atoms with Crippen molar-refractivity contribution in [1.82, 2.24) is 14.3 Å². The number of nitrogens with one attached hydrogen (secondary N) is 2. The molecule has 2 aromatic carbocycles. The average Bonchev–Trinajstić information content (AvgIpc) is 2.84. The molecule has 2 N–H and O–H groups in total. The number of anilines is 1. The summed E-state index contributed by atoms with van der Waals surface area (Å²) in [4.78, 5) is 31.8. The molecule has 1 aromatic heterocycles. The quantitative estimate of drug-likeness (QED) is 0.317. The first-order valence-corrected chi connectivity index (χ1v) is 13.3. The van der Waals surface area contributed by atoms with Gasteiger partial charge in [-0.15, -0.1) is 0 Å². The van der Waals surface area contributed by atoms with Crippen LogP contribution in [0, 0.1) is 11.3 Å². The third-order valence-corrected chi connectivity index (χ3v) is 8.14. The Morgan fingerprint density at radius 3 is 2.34 bits per heavy atom. The molecule has 3 aromatic rings. The molecular weight excluding hydrogens is 510 g/mol. The highest BCUT2D eigenvalue weighted by molar-refractivity contribution is 7.99. The first-order valence-electron chi connectivity index (χ1n) is 10.5. The van der Waals surface area contributed by atoms with E-state index in [9.17, 15) is 23.3 Å². The van der Waals surface area contributed by atoms with Crippen LogP contribution in [-0.4, -0.2) is 47.4 Å². The number of nitriles is 1. The van der Waals surface area contributed by atoms with Gasteiger partial charge in [-0.1, -0.05) is 49.3 Å². The zero-order chi connectivity index (χ0) is 25.6. The Bertz CT molecular complexity index is 1410. The third kappa shape index (κ3) is 6.29. The Labute approximate surface area is 212 Å². The number of aromatic amines is 1. The maximum Gasteiger partial charge on any atom is 0.270 e. The number of hydrogen-bond acceptors (Lipinski definition) is 7. The van der Waals surface area contributed by atoms with Crippen molar-refractivity contribution >= 4 is 45.0 Å². The maximum atomic E-state index is 12.6. The van der Waals surface area contributed by atoms with Gasteiger partial charge in [0, 0.05) is 29.4 Å². The third-order valence-electron chi connectivity index (χ3n) is 4.95. The number of thioether (sulfide) groups is 1. The fourth-order valence-corrected chi connectivity index (χ4v) is 5.44. The SMILES string of the molecule is CCN(CC)S(=O)(=O)c1ccc(NC(=O)CSc2nc(-c3ccc(Cl)cc3)c(C#N)c(=O)[nH]2)cc1. The van der Waals surface area contributed by atoms with Crippen LogP contribution in [-0.2, 0) is 14.8 Å².